The Bertz CT molecular complexity index is 1680. The third-order valence-corrected chi connectivity index (χ3v) is 7.68. The standard InChI is InChI=1S/C34H20N2/c35-19-23-18-32(30-14-6-12-28-26-10-4-2-8-22(26)16-34(28)30)24(20-36)17-31(23)29-13-5-11-27-25-9-3-1-7-21(25)15-33(27)29/h1-14,17-18H,15-16H2. The van der Waals surface area contributed by atoms with Gasteiger partial charge in [-0.15, -0.1) is 0 Å². The molecule has 0 aromatic heterocycles. The summed E-state index contributed by atoms with van der Waals surface area (Å²) in [6.07, 6.45) is 1.67. The van der Waals surface area contributed by atoms with Crippen molar-refractivity contribution in [2.45, 2.75) is 12.8 Å². The third kappa shape index (κ3) is 2.89. The molecule has 5 aromatic rings. The predicted octanol–water partition coefficient (Wildman–Crippen LogP) is 7.91. The van der Waals surface area contributed by atoms with E-state index in [9.17, 15) is 10.5 Å². The van der Waals surface area contributed by atoms with Gasteiger partial charge in [0.2, 0.25) is 0 Å². The molecule has 36 heavy (non-hydrogen) atoms. The van der Waals surface area contributed by atoms with E-state index in [1.807, 2.05) is 12.1 Å². The zero-order chi connectivity index (χ0) is 24.2. The summed E-state index contributed by atoms with van der Waals surface area (Å²) in [5.41, 5.74) is 14.9. The molecule has 166 valence electrons. The second-order valence-corrected chi connectivity index (χ2v) is 9.50. The van der Waals surface area contributed by atoms with E-state index in [1.165, 1.54) is 44.5 Å². The zero-order valence-electron chi connectivity index (χ0n) is 19.5. The van der Waals surface area contributed by atoms with Crippen LogP contribution in [0, 0.1) is 22.7 Å². The van der Waals surface area contributed by atoms with Crippen LogP contribution >= 0.6 is 0 Å². The quantitative estimate of drug-likeness (QED) is 0.265. The maximum absolute atomic E-state index is 10.2. The molecule has 2 aliphatic carbocycles. The van der Waals surface area contributed by atoms with Gasteiger partial charge in [-0.05, 0) is 80.6 Å². The van der Waals surface area contributed by atoms with Crippen LogP contribution in [0.1, 0.15) is 33.4 Å². The maximum Gasteiger partial charge on any atom is 0.0998 e. The fourth-order valence-corrected chi connectivity index (χ4v) is 6.05. The van der Waals surface area contributed by atoms with Crippen LogP contribution in [0.25, 0.3) is 44.5 Å². The minimum absolute atomic E-state index is 0.599. The first-order chi connectivity index (χ1) is 17.8. The Kier molecular flexibility index (Phi) is 4.44. The third-order valence-electron chi connectivity index (χ3n) is 7.68. The van der Waals surface area contributed by atoms with Gasteiger partial charge in [0.05, 0.1) is 23.3 Å². The van der Waals surface area contributed by atoms with Crippen LogP contribution in [0.4, 0.5) is 0 Å². The molecular formula is C34H20N2. The van der Waals surface area contributed by atoms with Crippen molar-refractivity contribution in [1.82, 2.24) is 0 Å². The number of fused-ring (bicyclic) bond motifs is 6. The SMILES string of the molecule is N#Cc1cc(-c2cccc3c2Cc2ccccc2-3)c(C#N)cc1-c1cccc2c1Cc1ccccc1-2. The van der Waals surface area contributed by atoms with Gasteiger partial charge in [-0.2, -0.15) is 10.5 Å². The number of hydrogen-bond donors (Lipinski definition) is 0. The Labute approximate surface area is 210 Å². The zero-order valence-corrected chi connectivity index (χ0v) is 19.5. The second-order valence-electron chi connectivity index (χ2n) is 9.50. The van der Waals surface area contributed by atoms with Crippen LogP contribution in [0.5, 0.6) is 0 Å². The Morgan fingerprint density at radius 2 is 0.778 bits per heavy atom. The van der Waals surface area contributed by atoms with Crippen molar-refractivity contribution >= 4 is 0 Å². The molecule has 0 atom stereocenters. The molecule has 2 heteroatoms. The van der Waals surface area contributed by atoms with Crippen molar-refractivity contribution < 1.29 is 0 Å². The Morgan fingerprint density at radius 3 is 1.19 bits per heavy atom. The maximum atomic E-state index is 10.2. The van der Waals surface area contributed by atoms with Crippen molar-refractivity contribution in [3.8, 4) is 56.6 Å². The van der Waals surface area contributed by atoms with Gasteiger partial charge >= 0.3 is 0 Å². The number of hydrogen-bond acceptors (Lipinski definition) is 2. The summed E-state index contributed by atoms with van der Waals surface area (Å²) in [5.74, 6) is 0. The molecule has 0 saturated carbocycles. The molecule has 0 bridgehead atoms. The first-order valence-electron chi connectivity index (χ1n) is 12.2. The molecule has 0 radical (unpaired) electrons. The van der Waals surface area contributed by atoms with Gasteiger partial charge in [-0.25, -0.2) is 0 Å². The van der Waals surface area contributed by atoms with Crippen LogP contribution in [-0.2, 0) is 12.8 Å². The molecule has 0 spiro atoms. The molecular weight excluding hydrogens is 436 g/mol. The van der Waals surface area contributed by atoms with Gasteiger partial charge in [-0.3, -0.25) is 0 Å². The lowest BCUT2D eigenvalue weighted by atomic mass is 9.86. The summed E-state index contributed by atoms with van der Waals surface area (Å²) in [6, 6.07) is 38.3. The minimum Gasteiger partial charge on any atom is -0.192 e. The number of rotatable bonds is 2. The largest absolute Gasteiger partial charge is 0.192 e. The van der Waals surface area contributed by atoms with E-state index in [0.29, 0.717) is 11.1 Å². The van der Waals surface area contributed by atoms with Gasteiger partial charge in [0, 0.05) is 11.1 Å². The van der Waals surface area contributed by atoms with Crippen LogP contribution in [0.15, 0.2) is 97.1 Å². The Hall–Kier alpha value is -4.92. The Balaban J connectivity index is 1.42. The lowest BCUT2D eigenvalue weighted by Gasteiger charge is -2.15. The smallest absolute Gasteiger partial charge is 0.0998 e. The van der Waals surface area contributed by atoms with E-state index in [-0.39, 0.29) is 0 Å². The van der Waals surface area contributed by atoms with E-state index >= 15 is 0 Å². The van der Waals surface area contributed by atoms with Crippen LogP contribution < -0.4 is 0 Å². The van der Waals surface area contributed by atoms with E-state index in [4.69, 9.17) is 0 Å². The first-order valence-corrected chi connectivity index (χ1v) is 12.2. The fraction of sp³-hybridized carbons (Fsp3) is 0.0588. The van der Waals surface area contributed by atoms with Crippen molar-refractivity contribution in [3.63, 3.8) is 0 Å². The summed E-state index contributed by atoms with van der Waals surface area (Å²) in [6.45, 7) is 0. The predicted molar refractivity (Wildman–Crippen MR) is 143 cm³/mol. The number of nitriles is 2. The molecule has 2 nitrogen and oxygen atoms in total. The molecule has 0 heterocycles. The van der Waals surface area contributed by atoms with E-state index in [1.54, 1.807) is 0 Å². The van der Waals surface area contributed by atoms with E-state index in [0.717, 1.165) is 35.1 Å². The molecule has 0 fully saturated rings. The molecule has 0 unspecified atom stereocenters. The molecule has 0 N–H and O–H groups in total. The van der Waals surface area contributed by atoms with Crippen LogP contribution in [0.2, 0.25) is 0 Å². The highest BCUT2D eigenvalue weighted by Gasteiger charge is 2.25. The summed E-state index contributed by atoms with van der Waals surface area (Å²) in [5, 5.41) is 20.5. The normalized spacial score (nSPS) is 12.2. The fourth-order valence-electron chi connectivity index (χ4n) is 6.05. The topological polar surface area (TPSA) is 47.6 Å². The van der Waals surface area contributed by atoms with Crippen molar-refractivity contribution in [2.24, 2.45) is 0 Å². The molecule has 0 amide bonds. The molecule has 7 rings (SSSR count). The summed E-state index contributed by atoms with van der Waals surface area (Å²) < 4.78 is 0. The average Bonchev–Trinajstić information content (AvgIpc) is 3.51. The Morgan fingerprint density at radius 1 is 0.417 bits per heavy atom. The summed E-state index contributed by atoms with van der Waals surface area (Å²) in [4.78, 5) is 0. The second kappa shape index (κ2) is 7.81. The van der Waals surface area contributed by atoms with Crippen LogP contribution in [-0.4, -0.2) is 0 Å². The molecule has 0 saturated heterocycles. The summed E-state index contributed by atoms with van der Waals surface area (Å²) in [7, 11) is 0. The van der Waals surface area contributed by atoms with Gasteiger partial charge < -0.3 is 0 Å². The van der Waals surface area contributed by atoms with Crippen molar-refractivity contribution in [1.29, 1.82) is 10.5 Å². The minimum atomic E-state index is 0.599. The van der Waals surface area contributed by atoms with Gasteiger partial charge in [-0.1, -0.05) is 84.9 Å². The molecule has 5 aromatic carbocycles. The van der Waals surface area contributed by atoms with Gasteiger partial charge in [0.15, 0.2) is 0 Å². The molecule has 2 aliphatic rings. The van der Waals surface area contributed by atoms with Crippen LogP contribution in [0.3, 0.4) is 0 Å². The van der Waals surface area contributed by atoms with Crippen molar-refractivity contribution in [2.75, 3.05) is 0 Å². The average molecular weight is 457 g/mol. The highest BCUT2D eigenvalue weighted by Crippen LogP contribution is 2.45. The van der Waals surface area contributed by atoms with Gasteiger partial charge in [0.1, 0.15) is 0 Å². The van der Waals surface area contributed by atoms with E-state index < -0.39 is 0 Å². The van der Waals surface area contributed by atoms with Gasteiger partial charge in [0.25, 0.3) is 0 Å². The van der Waals surface area contributed by atoms with Crippen molar-refractivity contribution in [3.05, 3.63) is 130 Å². The first kappa shape index (κ1) is 20.5. The summed E-state index contributed by atoms with van der Waals surface area (Å²) >= 11 is 0. The monoisotopic (exact) mass is 456 g/mol. The lowest BCUT2D eigenvalue weighted by molar-refractivity contribution is 1.26. The molecule has 0 aliphatic heterocycles. The number of nitrogens with zero attached hydrogens (tertiary/aromatic N) is 2. The highest BCUT2D eigenvalue weighted by molar-refractivity contribution is 5.91. The number of benzene rings is 5. The lowest BCUT2D eigenvalue weighted by Crippen LogP contribution is -1.97. The highest BCUT2D eigenvalue weighted by atomic mass is 14.3. The van der Waals surface area contributed by atoms with E-state index in [2.05, 4.69) is 97.1 Å².